The maximum absolute atomic E-state index is 14.1. The summed E-state index contributed by atoms with van der Waals surface area (Å²) >= 11 is 0. The Morgan fingerprint density at radius 3 is 2.36 bits per heavy atom. The molecule has 4 nitrogen and oxygen atoms in total. The Morgan fingerprint density at radius 1 is 1.00 bits per heavy atom. The molecule has 0 aromatic heterocycles. The number of aryl methyl sites for hydroxylation is 1. The van der Waals surface area contributed by atoms with Crippen molar-refractivity contribution in [2.75, 3.05) is 0 Å². The number of benzene rings is 2. The van der Waals surface area contributed by atoms with E-state index in [0.717, 1.165) is 31.2 Å². The minimum atomic E-state index is -0.449. The van der Waals surface area contributed by atoms with Gasteiger partial charge in [-0.25, -0.2) is 4.39 Å². The summed E-state index contributed by atoms with van der Waals surface area (Å²) in [4.78, 5) is 25.4. The van der Waals surface area contributed by atoms with Crippen molar-refractivity contribution in [1.29, 1.82) is 0 Å². The largest absolute Gasteiger partial charge is 0.348 e. The van der Waals surface area contributed by atoms with Crippen molar-refractivity contribution in [3.63, 3.8) is 0 Å². The fourth-order valence-corrected chi connectivity index (χ4v) is 3.32. The van der Waals surface area contributed by atoms with Gasteiger partial charge in [-0.05, 0) is 44.0 Å². The zero-order valence-corrected chi connectivity index (χ0v) is 16.0. The number of hydrogen-bond acceptors (Lipinski definition) is 2. The molecule has 1 aliphatic carbocycles. The Kier molecular flexibility index (Phi) is 6.58. The molecule has 0 bridgehead atoms. The van der Waals surface area contributed by atoms with Gasteiger partial charge in [0.05, 0.1) is 0 Å². The summed E-state index contributed by atoms with van der Waals surface area (Å²) < 4.78 is 14.1. The highest BCUT2D eigenvalue weighted by atomic mass is 19.1. The molecule has 1 fully saturated rings. The average molecular weight is 380 g/mol. The van der Waals surface area contributed by atoms with Crippen LogP contribution in [0, 0.1) is 12.7 Å². The molecule has 2 aromatic rings. The predicted octanol–water partition coefficient (Wildman–Crippen LogP) is 4.35. The van der Waals surface area contributed by atoms with Crippen molar-refractivity contribution in [2.45, 2.75) is 45.1 Å². The normalized spacial score (nSPS) is 15.1. The van der Waals surface area contributed by atoms with Gasteiger partial charge < -0.3 is 10.6 Å². The molecule has 0 radical (unpaired) electrons. The summed E-state index contributed by atoms with van der Waals surface area (Å²) in [5, 5.41) is 5.64. The smallest absolute Gasteiger partial charge is 0.268 e. The van der Waals surface area contributed by atoms with E-state index in [1.807, 2.05) is 19.1 Å². The quantitative estimate of drug-likeness (QED) is 0.758. The van der Waals surface area contributed by atoms with Crippen LogP contribution in [-0.4, -0.2) is 17.9 Å². The first-order valence-electron chi connectivity index (χ1n) is 9.68. The highest BCUT2D eigenvalue weighted by Crippen LogP contribution is 2.18. The second-order valence-electron chi connectivity index (χ2n) is 7.21. The summed E-state index contributed by atoms with van der Waals surface area (Å²) in [5.74, 6) is -1.24. The fraction of sp³-hybridized carbons (Fsp3) is 0.304. The Labute approximate surface area is 164 Å². The van der Waals surface area contributed by atoms with E-state index in [2.05, 4.69) is 10.6 Å². The van der Waals surface area contributed by atoms with Gasteiger partial charge >= 0.3 is 0 Å². The number of carbonyl (C=O) groups is 2. The average Bonchev–Trinajstić information content (AvgIpc) is 2.70. The molecule has 3 rings (SSSR count). The van der Waals surface area contributed by atoms with Crippen molar-refractivity contribution in [3.05, 3.63) is 76.7 Å². The lowest BCUT2D eigenvalue weighted by molar-refractivity contribution is -0.118. The van der Waals surface area contributed by atoms with Crippen molar-refractivity contribution < 1.29 is 14.0 Å². The number of hydrogen-bond donors (Lipinski definition) is 2. The first kappa shape index (κ1) is 19.8. The SMILES string of the molecule is Cc1ccc(C(=O)N/C(=C\c2ccccc2F)C(=O)NC2CCCCC2)cc1. The Bertz CT molecular complexity index is 868. The van der Waals surface area contributed by atoms with E-state index in [1.165, 1.54) is 18.6 Å². The second kappa shape index (κ2) is 9.31. The van der Waals surface area contributed by atoms with E-state index in [-0.39, 0.29) is 17.3 Å². The van der Waals surface area contributed by atoms with E-state index >= 15 is 0 Å². The summed E-state index contributed by atoms with van der Waals surface area (Å²) in [5.41, 5.74) is 1.77. The second-order valence-corrected chi connectivity index (χ2v) is 7.21. The van der Waals surface area contributed by atoms with E-state index in [1.54, 1.807) is 30.3 Å². The summed E-state index contributed by atoms with van der Waals surface area (Å²) in [6.45, 7) is 1.93. The van der Waals surface area contributed by atoms with Crippen molar-refractivity contribution in [3.8, 4) is 0 Å². The molecule has 146 valence electrons. The van der Waals surface area contributed by atoms with Gasteiger partial charge in [0.25, 0.3) is 11.8 Å². The Morgan fingerprint density at radius 2 is 1.68 bits per heavy atom. The zero-order valence-electron chi connectivity index (χ0n) is 16.0. The third-order valence-electron chi connectivity index (χ3n) is 4.95. The lowest BCUT2D eigenvalue weighted by Gasteiger charge is -2.23. The minimum Gasteiger partial charge on any atom is -0.348 e. The van der Waals surface area contributed by atoms with Gasteiger partial charge in [0.2, 0.25) is 0 Å². The molecule has 0 atom stereocenters. The van der Waals surface area contributed by atoms with Crippen LogP contribution in [0.2, 0.25) is 0 Å². The van der Waals surface area contributed by atoms with Gasteiger partial charge in [-0.3, -0.25) is 9.59 Å². The fourth-order valence-electron chi connectivity index (χ4n) is 3.32. The minimum absolute atomic E-state index is 0.0428. The van der Waals surface area contributed by atoms with Crippen LogP contribution in [0.5, 0.6) is 0 Å². The van der Waals surface area contributed by atoms with Crippen LogP contribution in [0.15, 0.2) is 54.2 Å². The standard InChI is InChI=1S/C23H25FN2O2/c1-16-11-13-17(14-12-16)22(27)26-21(15-18-7-5-6-10-20(18)24)23(28)25-19-8-3-2-4-9-19/h5-7,10-15,19H,2-4,8-9H2,1H3,(H,25,28)(H,26,27)/b21-15-. The molecule has 0 aliphatic heterocycles. The van der Waals surface area contributed by atoms with Gasteiger partial charge in [0.15, 0.2) is 0 Å². The monoisotopic (exact) mass is 380 g/mol. The number of halogens is 1. The molecule has 2 amide bonds. The van der Waals surface area contributed by atoms with Crippen molar-refractivity contribution in [1.82, 2.24) is 10.6 Å². The molecule has 2 aromatic carbocycles. The third kappa shape index (κ3) is 5.28. The van der Waals surface area contributed by atoms with Gasteiger partial charge in [0, 0.05) is 17.2 Å². The molecule has 0 heterocycles. The highest BCUT2D eigenvalue weighted by Gasteiger charge is 2.20. The van der Waals surface area contributed by atoms with Crippen LogP contribution in [0.25, 0.3) is 6.08 Å². The first-order valence-corrected chi connectivity index (χ1v) is 9.68. The lowest BCUT2D eigenvalue weighted by Crippen LogP contribution is -2.41. The Hall–Kier alpha value is -2.95. The van der Waals surface area contributed by atoms with E-state index in [9.17, 15) is 14.0 Å². The molecule has 5 heteroatoms. The summed E-state index contributed by atoms with van der Waals surface area (Å²) in [7, 11) is 0. The molecular formula is C23H25FN2O2. The van der Waals surface area contributed by atoms with E-state index < -0.39 is 17.6 Å². The van der Waals surface area contributed by atoms with Crippen LogP contribution in [-0.2, 0) is 4.79 Å². The van der Waals surface area contributed by atoms with Crippen LogP contribution >= 0.6 is 0 Å². The molecule has 0 saturated heterocycles. The van der Waals surface area contributed by atoms with Gasteiger partial charge in [-0.15, -0.1) is 0 Å². The third-order valence-corrected chi connectivity index (χ3v) is 4.95. The van der Waals surface area contributed by atoms with Crippen molar-refractivity contribution >= 4 is 17.9 Å². The van der Waals surface area contributed by atoms with Gasteiger partial charge in [0.1, 0.15) is 11.5 Å². The highest BCUT2D eigenvalue weighted by molar-refractivity contribution is 6.05. The molecule has 0 spiro atoms. The molecule has 28 heavy (non-hydrogen) atoms. The molecular weight excluding hydrogens is 355 g/mol. The predicted molar refractivity (Wildman–Crippen MR) is 108 cm³/mol. The maximum atomic E-state index is 14.1. The first-order chi connectivity index (χ1) is 13.5. The Balaban J connectivity index is 1.83. The molecule has 0 unspecified atom stereocenters. The number of amides is 2. The van der Waals surface area contributed by atoms with Gasteiger partial charge in [-0.2, -0.15) is 0 Å². The molecule has 1 aliphatic rings. The van der Waals surface area contributed by atoms with Gasteiger partial charge in [-0.1, -0.05) is 55.2 Å². The summed E-state index contributed by atoms with van der Waals surface area (Å²) in [6, 6.07) is 13.3. The number of rotatable bonds is 5. The van der Waals surface area contributed by atoms with Crippen molar-refractivity contribution in [2.24, 2.45) is 0 Å². The van der Waals surface area contributed by atoms with E-state index in [0.29, 0.717) is 5.56 Å². The van der Waals surface area contributed by atoms with Crippen LogP contribution in [0.3, 0.4) is 0 Å². The van der Waals surface area contributed by atoms with Crippen LogP contribution in [0.1, 0.15) is 53.6 Å². The number of carbonyl (C=O) groups excluding carboxylic acids is 2. The lowest BCUT2D eigenvalue weighted by atomic mass is 9.95. The molecule has 1 saturated carbocycles. The van der Waals surface area contributed by atoms with E-state index in [4.69, 9.17) is 0 Å². The number of nitrogens with one attached hydrogen (secondary N) is 2. The van der Waals surface area contributed by atoms with Crippen LogP contribution in [0.4, 0.5) is 4.39 Å². The summed E-state index contributed by atoms with van der Waals surface area (Å²) in [6.07, 6.45) is 6.56. The zero-order chi connectivity index (χ0) is 19.9. The topological polar surface area (TPSA) is 58.2 Å². The molecule has 2 N–H and O–H groups in total. The maximum Gasteiger partial charge on any atom is 0.268 e. The van der Waals surface area contributed by atoms with Crippen LogP contribution < -0.4 is 10.6 Å².